The molecule has 1 aromatic heterocycles. The van der Waals surface area contributed by atoms with Crippen molar-refractivity contribution in [3.8, 4) is 33.4 Å². The Labute approximate surface area is 268 Å². The minimum Gasteiger partial charge on any atom is -0.455 e. The summed E-state index contributed by atoms with van der Waals surface area (Å²) in [4.78, 5) is 0. The van der Waals surface area contributed by atoms with Crippen LogP contribution in [-0.2, 0) is 0 Å². The van der Waals surface area contributed by atoms with Gasteiger partial charge in [-0.15, -0.1) is 0 Å². The highest BCUT2D eigenvalue weighted by molar-refractivity contribution is 6.24. The monoisotopic (exact) mass is 560 g/mol. The van der Waals surface area contributed by atoms with Gasteiger partial charge in [-0.25, -0.2) is 0 Å². The lowest BCUT2D eigenvalue weighted by Crippen LogP contribution is -1.92. The Morgan fingerprint density at radius 3 is 1.60 bits per heavy atom. The van der Waals surface area contributed by atoms with Crippen LogP contribution in [0.5, 0.6) is 0 Å². The van der Waals surface area contributed by atoms with Crippen molar-refractivity contribution >= 4 is 54.3 Å². The van der Waals surface area contributed by atoms with Crippen molar-refractivity contribution in [2.75, 3.05) is 0 Å². The minimum absolute atomic E-state index is 0.0475. The summed E-state index contributed by atoms with van der Waals surface area (Å²) in [6.45, 7) is 0. The number of fused-ring (bicyclic) bond motifs is 6. The van der Waals surface area contributed by atoms with Crippen LogP contribution in [0.25, 0.3) is 87.6 Å². The lowest BCUT2D eigenvalue weighted by atomic mass is 9.84. The summed E-state index contributed by atoms with van der Waals surface area (Å²) in [7, 11) is 0. The molecule has 0 radical (unpaired) electrons. The molecular formula is C42H26O. The second kappa shape index (κ2) is 9.44. The largest absolute Gasteiger partial charge is 0.455 e. The van der Waals surface area contributed by atoms with E-state index >= 15 is 0 Å². The van der Waals surface area contributed by atoms with Crippen molar-refractivity contribution in [3.05, 3.63) is 157 Å². The zero-order chi connectivity index (χ0) is 40.5. The first-order chi connectivity index (χ1) is 27.2. The van der Waals surface area contributed by atoms with Crippen LogP contribution in [0, 0.1) is 0 Å². The van der Waals surface area contributed by atoms with Crippen LogP contribution < -0.4 is 0 Å². The van der Waals surface area contributed by atoms with E-state index in [0.717, 1.165) is 5.39 Å². The van der Waals surface area contributed by atoms with E-state index < -0.39 is 84.6 Å². The minimum atomic E-state index is -0.683. The molecule has 200 valence electrons. The quantitative estimate of drug-likeness (QED) is 0.196. The lowest BCUT2D eigenvalue weighted by molar-refractivity contribution is 0.670. The average molecular weight is 561 g/mol. The summed E-state index contributed by atoms with van der Waals surface area (Å²) in [6.07, 6.45) is 0. The van der Waals surface area contributed by atoms with Gasteiger partial charge in [-0.1, -0.05) is 151 Å². The second-order valence-corrected chi connectivity index (χ2v) is 10.1. The molecular weight excluding hydrogens is 520 g/mol. The van der Waals surface area contributed by atoms with Crippen molar-refractivity contribution in [2.45, 2.75) is 0 Å². The third-order valence-corrected chi connectivity index (χ3v) is 7.86. The zero-order valence-electron chi connectivity index (χ0n) is 36.3. The lowest BCUT2D eigenvalue weighted by Gasteiger charge is -2.19. The molecule has 0 aliphatic carbocycles. The van der Waals surface area contributed by atoms with Crippen molar-refractivity contribution in [1.29, 1.82) is 0 Å². The summed E-state index contributed by atoms with van der Waals surface area (Å²) < 4.78 is 134. The molecule has 0 amide bonds. The predicted octanol–water partition coefficient (Wildman–Crippen LogP) is 12.0. The van der Waals surface area contributed by atoms with Gasteiger partial charge in [0.25, 0.3) is 0 Å². The van der Waals surface area contributed by atoms with Crippen LogP contribution in [0.1, 0.15) is 19.2 Å². The summed E-state index contributed by atoms with van der Waals surface area (Å²) in [5, 5.41) is 0.214. The van der Waals surface area contributed by atoms with E-state index in [2.05, 4.69) is 0 Å². The maximum atomic E-state index is 9.77. The van der Waals surface area contributed by atoms with Gasteiger partial charge in [0, 0.05) is 16.3 Å². The third-order valence-electron chi connectivity index (χ3n) is 7.86. The molecule has 43 heavy (non-hydrogen) atoms. The number of para-hydroxylation sites is 2. The Morgan fingerprint density at radius 1 is 0.372 bits per heavy atom. The maximum absolute atomic E-state index is 9.77. The van der Waals surface area contributed by atoms with Crippen LogP contribution in [0.4, 0.5) is 0 Å². The molecule has 0 atom stereocenters. The molecule has 1 nitrogen and oxygen atoms in total. The molecule has 0 spiro atoms. The smallest absolute Gasteiger partial charge is 0.143 e. The first-order valence-electron chi connectivity index (χ1n) is 20.6. The molecule has 0 N–H and O–H groups in total. The summed E-state index contributed by atoms with van der Waals surface area (Å²) in [6, 6.07) is 12.3. The van der Waals surface area contributed by atoms with Crippen LogP contribution in [0.15, 0.2) is 162 Å². The van der Waals surface area contributed by atoms with Crippen molar-refractivity contribution in [1.82, 2.24) is 0 Å². The van der Waals surface area contributed by atoms with Crippen LogP contribution in [0.2, 0.25) is 0 Å². The maximum Gasteiger partial charge on any atom is 0.143 e. The normalized spacial score (nSPS) is 16.3. The van der Waals surface area contributed by atoms with E-state index in [1.165, 1.54) is 0 Å². The van der Waals surface area contributed by atoms with E-state index in [1.807, 2.05) is 18.2 Å². The van der Waals surface area contributed by atoms with Gasteiger partial charge in [0.2, 0.25) is 0 Å². The van der Waals surface area contributed by atoms with Crippen LogP contribution >= 0.6 is 0 Å². The highest BCUT2D eigenvalue weighted by atomic mass is 16.3. The molecule has 0 saturated heterocycles. The standard InChI is InChI=1S/C42H26O/c1-2-13-27(14-3-1)40-32-18-6-8-20-34(32)41(35-21-9-7-19-33(35)40)36-26-25-30(28-15-4-5-16-29(28)36)37-22-12-23-38-31-17-10-11-24-39(31)43-42(37)38/h1-26H/i4D,5D,6D,7D,8D,9D,15D,16D,18D,19D,20D,21D,25D,26D. The molecule has 0 bridgehead atoms. The van der Waals surface area contributed by atoms with Crippen LogP contribution in [0.3, 0.4) is 0 Å². The second-order valence-electron chi connectivity index (χ2n) is 10.1. The first-order valence-corrected chi connectivity index (χ1v) is 13.6. The molecule has 0 saturated carbocycles. The van der Waals surface area contributed by atoms with Gasteiger partial charge in [0.1, 0.15) is 11.2 Å². The van der Waals surface area contributed by atoms with E-state index in [1.54, 1.807) is 54.6 Å². The van der Waals surface area contributed by atoms with Crippen molar-refractivity contribution < 1.29 is 23.6 Å². The van der Waals surface area contributed by atoms with Gasteiger partial charge in [0.15, 0.2) is 0 Å². The van der Waals surface area contributed by atoms with Gasteiger partial charge in [-0.2, -0.15) is 0 Å². The summed E-state index contributed by atoms with van der Waals surface area (Å²) >= 11 is 0. The third kappa shape index (κ3) is 3.58. The van der Waals surface area contributed by atoms with Gasteiger partial charge in [-0.05, 0) is 66.2 Å². The van der Waals surface area contributed by atoms with Gasteiger partial charge >= 0.3 is 0 Å². The molecule has 1 heterocycles. The Morgan fingerprint density at radius 2 is 0.907 bits per heavy atom. The van der Waals surface area contributed by atoms with Crippen molar-refractivity contribution in [2.24, 2.45) is 0 Å². The molecule has 0 aliphatic heterocycles. The highest BCUT2D eigenvalue weighted by Crippen LogP contribution is 2.47. The Balaban J connectivity index is 1.61. The van der Waals surface area contributed by atoms with Gasteiger partial charge in [0.05, 0.1) is 19.2 Å². The number of furan rings is 1. The van der Waals surface area contributed by atoms with E-state index in [9.17, 15) is 11.0 Å². The number of hydrogen-bond donors (Lipinski definition) is 0. The van der Waals surface area contributed by atoms with Crippen LogP contribution in [-0.4, -0.2) is 0 Å². The average Bonchev–Trinajstić information content (AvgIpc) is 3.61. The molecule has 8 aromatic carbocycles. The fourth-order valence-electron chi connectivity index (χ4n) is 6.04. The SMILES string of the molecule is [2H]c1c([2H])c([2H])c2c(-c3c4c([2H])c([2H])c([2H])c([2H])c4c(-c4ccccc4)c4c([2H])c([2H])c([2H])c([2H])c34)c([2H])c([2H])c(-c3cccc4c3oc3ccccc34)c2c1[2H]. The zero-order valence-corrected chi connectivity index (χ0v) is 22.3. The molecule has 9 rings (SSSR count). The van der Waals surface area contributed by atoms with E-state index in [-0.39, 0.29) is 60.1 Å². The highest BCUT2D eigenvalue weighted by Gasteiger charge is 2.20. The Kier molecular flexibility index (Phi) is 3.07. The number of benzene rings is 8. The molecule has 0 fully saturated rings. The fourth-order valence-corrected chi connectivity index (χ4v) is 6.04. The Bertz CT molecular complexity index is 3200. The molecule has 0 aliphatic rings. The molecule has 9 aromatic rings. The summed E-state index contributed by atoms with van der Waals surface area (Å²) in [5.41, 5.74) is 0.866. The fraction of sp³-hybridized carbons (Fsp3) is 0. The first kappa shape index (κ1) is 14.0. The van der Waals surface area contributed by atoms with Gasteiger partial charge in [-0.3, -0.25) is 0 Å². The van der Waals surface area contributed by atoms with E-state index in [0.29, 0.717) is 22.1 Å². The Hall–Kier alpha value is -5.66. The number of hydrogen-bond acceptors (Lipinski definition) is 1. The topological polar surface area (TPSA) is 13.1 Å². The van der Waals surface area contributed by atoms with Gasteiger partial charge < -0.3 is 4.42 Å². The van der Waals surface area contributed by atoms with Crippen molar-refractivity contribution in [3.63, 3.8) is 0 Å². The predicted molar refractivity (Wildman–Crippen MR) is 183 cm³/mol. The number of rotatable bonds is 3. The summed E-state index contributed by atoms with van der Waals surface area (Å²) in [5.74, 6) is 0. The molecule has 0 unspecified atom stereocenters. The van der Waals surface area contributed by atoms with E-state index in [4.69, 9.17) is 12.6 Å². The molecule has 1 heteroatoms.